The largest absolute Gasteiger partial charge is 0.466 e. The maximum absolute atomic E-state index is 13.2. The second-order valence-corrected chi connectivity index (χ2v) is 7.64. The molecule has 1 heterocycles. The fraction of sp³-hybridized carbons (Fsp3) is 0.381. The highest BCUT2D eigenvalue weighted by molar-refractivity contribution is 6.42. The fourth-order valence-electron chi connectivity index (χ4n) is 3.16. The summed E-state index contributed by atoms with van der Waals surface area (Å²) in [5.41, 5.74) is 6.27. The summed E-state index contributed by atoms with van der Waals surface area (Å²) in [6.45, 7) is 4.87. The van der Waals surface area contributed by atoms with Crippen LogP contribution in [0.4, 0.5) is 4.79 Å². The van der Waals surface area contributed by atoms with Crippen LogP contribution in [0.25, 0.3) is 0 Å². The van der Waals surface area contributed by atoms with Crippen molar-refractivity contribution < 1.29 is 28.6 Å². The van der Waals surface area contributed by atoms with Gasteiger partial charge in [0.15, 0.2) is 0 Å². The summed E-state index contributed by atoms with van der Waals surface area (Å²) in [6, 6.07) is 4.87. The number of primary amides is 1. The van der Waals surface area contributed by atoms with Crippen molar-refractivity contribution in [3.05, 3.63) is 56.3 Å². The van der Waals surface area contributed by atoms with Crippen molar-refractivity contribution in [2.24, 2.45) is 5.73 Å². The number of dihydropyridines is 1. The van der Waals surface area contributed by atoms with Crippen LogP contribution in [0.5, 0.6) is 0 Å². The van der Waals surface area contributed by atoms with Crippen LogP contribution in [0.15, 0.2) is 40.7 Å². The number of esters is 2. The number of ether oxygens (including phenoxy) is 3. The maximum atomic E-state index is 13.2. The van der Waals surface area contributed by atoms with Gasteiger partial charge in [-0.3, -0.25) is 0 Å². The Hall–Kier alpha value is -2.71. The van der Waals surface area contributed by atoms with Crippen LogP contribution in [-0.4, -0.2) is 37.9 Å². The molecule has 0 spiro atoms. The standard InChI is InChI=1S/C21H24Cl2N2O6/c1-5-10(2)31-20(27)17-14(9-30-21(24)28)25-11(3)15(19(26)29-4)16(17)12-7-6-8-13(22)18(12)23/h6-8,10,16,25H,5,9H2,1-4H3,(H2,24,28). The molecule has 1 amide bonds. The summed E-state index contributed by atoms with van der Waals surface area (Å²) >= 11 is 12.7. The predicted octanol–water partition coefficient (Wildman–Crippen LogP) is 3.82. The number of rotatable bonds is 7. The summed E-state index contributed by atoms with van der Waals surface area (Å²) in [6.07, 6.45) is -0.856. The summed E-state index contributed by atoms with van der Waals surface area (Å²) in [7, 11) is 1.23. The summed E-state index contributed by atoms with van der Waals surface area (Å²) in [5.74, 6) is -2.36. The molecule has 0 fully saturated rings. The molecule has 31 heavy (non-hydrogen) atoms. The molecule has 10 heteroatoms. The van der Waals surface area contributed by atoms with E-state index in [-0.39, 0.29) is 33.5 Å². The van der Waals surface area contributed by atoms with Gasteiger partial charge in [0.1, 0.15) is 6.61 Å². The molecule has 1 aliphatic heterocycles. The van der Waals surface area contributed by atoms with Gasteiger partial charge in [0.25, 0.3) is 0 Å². The second-order valence-electron chi connectivity index (χ2n) is 6.86. The molecular weight excluding hydrogens is 447 g/mol. The van der Waals surface area contributed by atoms with Crippen molar-refractivity contribution in [2.75, 3.05) is 13.7 Å². The zero-order valence-corrected chi connectivity index (χ0v) is 19.1. The van der Waals surface area contributed by atoms with E-state index in [1.165, 1.54) is 7.11 Å². The highest BCUT2D eigenvalue weighted by Gasteiger charge is 2.40. The van der Waals surface area contributed by atoms with Crippen molar-refractivity contribution in [1.29, 1.82) is 0 Å². The molecule has 3 N–H and O–H groups in total. The van der Waals surface area contributed by atoms with Crippen LogP contribution in [0.1, 0.15) is 38.7 Å². The first-order valence-corrected chi connectivity index (χ1v) is 10.2. The lowest BCUT2D eigenvalue weighted by Gasteiger charge is -2.32. The van der Waals surface area contributed by atoms with Gasteiger partial charge in [0.05, 0.1) is 46.0 Å². The van der Waals surface area contributed by atoms with Gasteiger partial charge in [-0.15, -0.1) is 0 Å². The number of hydrogen-bond acceptors (Lipinski definition) is 7. The van der Waals surface area contributed by atoms with Gasteiger partial charge in [-0.05, 0) is 31.9 Å². The summed E-state index contributed by atoms with van der Waals surface area (Å²) < 4.78 is 15.4. The van der Waals surface area contributed by atoms with Crippen LogP contribution in [0.3, 0.4) is 0 Å². The van der Waals surface area contributed by atoms with E-state index >= 15 is 0 Å². The molecule has 1 aromatic rings. The van der Waals surface area contributed by atoms with E-state index in [4.69, 9.17) is 43.1 Å². The number of nitrogens with two attached hydrogens (primary N) is 1. The number of methoxy groups -OCH3 is 1. The molecule has 168 valence electrons. The third kappa shape index (κ3) is 5.51. The van der Waals surface area contributed by atoms with E-state index in [1.54, 1.807) is 32.0 Å². The lowest BCUT2D eigenvalue weighted by molar-refractivity contribution is -0.144. The lowest BCUT2D eigenvalue weighted by Crippen LogP contribution is -2.36. The van der Waals surface area contributed by atoms with Crippen LogP contribution in [-0.2, 0) is 23.8 Å². The highest BCUT2D eigenvalue weighted by atomic mass is 35.5. The quantitative estimate of drug-likeness (QED) is 0.459. The van der Waals surface area contributed by atoms with Crippen molar-refractivity contribution in [1.82, 2.24) is 5.32 Å². The monoisotopic (exact) mass is 470 g/mol. The molecule has 0 bridgehead atoms. The molecule has 2 unspecified atom stereocenters. The number of hydrogen-bond donors (Lipinski definition) is 2. The van der Waals surface area contributed by atoms with Gasteiger partial charge in [-0.1, -0.05) is 42.3 Å². The molecule has 1 aromatic carbocycles. The Morgan fingerprint density at radius 2 is 1.87 bits per heavy atom. The van der Waals surface area contributed by atoms with Crippen LogP contribution in [0, 0.1) is 0 Å². The Labute approximate surface area is 190 Å². The molecule has 0 saturated heterocycles. The van der Waals surface area contributed by atoms with Gasteiger partial charge in [0, 0.05) is 5.70 Å². The molecule has 0 saturated carbocycles. The first kappa shape index (κ1) is 24.6. The Morgan fingerprint density at radius 3 is 2.45 bits per heavy atom. The minimum Gasteiger partial charge on any atom is -0.466 e. The number of halogens is 2. The summed E-state index contributed by atoms with van der Waals surface area (Å²) in [5, 5.41) is 3.34. The number of carbonyl (C=O) groups is 3. The van der Waals surface area contributed by atoms with E-state index in [2.05, 4.69) is 5.32 Å². The van der Waals surface area contributed by atoms with E-state index in [9.17, 15) is 14.4 Å². The first-order chi connectivity index (χ1) is 14.6. The third-order valence-corrected chi connectivity index (χ3v) is 5.64. The molecule has 0 aromatic heterocycles. The van der Waals surface area contributed by atoms with Crippen molar-refractivity contribution in [2.45, 2.75) is 39.2 Å². The van der Waals surface area contributed by atoms with E-state index in [0.29, 0.717) is 17.7 Å². The molecule has 0 radical (unpaired) electrons. The Balaban J connectivity index is 2.77. The minimum atomic E-state index is -1.03. The minimum absolute atomic E-state index is 0.0386. The van der Waals surface area contributed by atoms with Gasteiger partial charge in [-0.2, -0.15) is 0 Å². The van der Waals surface area contributed by atoms with Crippen molar-refractivity contribution in [3.63, 3.8) is 0 Å². The number of benzene rings is 1. The van der Waals surface area contributed by atoms with Crippen molar-refractivity contribution >= 4 is 41.2 Å². The van der Waals surface area contributed by atoms with Crippen LogP contribution in [0.2, 0.25) is 10.0 Å². The normalized spacial score (nSPS) is 17.0. The lowest BCUT2D eigenvalue weighted by atomic mass is 9.80. The number of amides is 1. The van der Waals surface area contributed by atoms with Gasteiger partial charge < -0.3 is 25.3 Å². The van der Waals surface area contributed by atoms with Gasteiger partial charge in [0.2, 0.25) is 0 Å². The zero-order chi connectivity index (χ0) is 23.3. The zero-order valence-electron chi connectivity index (χ0n) is 17.6. The third-order valence-electron chi connectivity index (χ3n) is 4.80. The summed E-state index contributed by atoms with van der Waals surface area (Å²) in [4.78, 5) is 37.1. The smallest absolute Gasteiger partial charge is 0.404 e. The van der Waals surface area contributed by atoms with E-state index in [0.717, 1.165) is 0 Å². The SMILES string of the molecule is CCC(C)OC(=O)C1=C(COC(N)=O)NC(C)=C(C(=O)OC)C1c1cccc(Cl)c1Cl. The van der Waals surface area contributed by atoms with Crippen LogP contribution < -0.4 is 11.1 Å². The fourth-order valence-corrected chi connectivity index (χ4v) is 3.58. The molecule has 2 rings (SSSR count). The molecule has 8 nitrogen and oxygen atoms in total. The molecule has 1 aliphatic rings. The van der Waals surface area contributed by atoms with Crippen molar-refractivity contribution in [3.8, 4) is 0 Å². The number of nitrogens with one attached hydrogen (secondary N) is 1. The molecular formula is C21H24Cl2N2O6. The Morgan fingerprint density at radius 1 is 1.19 bits per heavy atom. The molecule has 2 atom stereocenters. The Kier molecular flexibility index (Phi) is 8.36. The van der Waals surface area contributed by atoms with E-state index in [1.807, 2.05) is 6.92 Å². The maximum Gasteiger partial charge on any atom is 0.404 e. The highest BCUT2D eigenvalue weighted by Crippen LogP contribution is 2.43. The first-order valence-electron chi connectivity index (χ1n) is 9.48. The average Bonchev–Trinajstić information content (AvgIpc) is 2.72. The Bertz CT molecular complexity index is 957. The predicted molar refractivity (Wildman–Crippen MR) is 115 cm³/mol. The van der Waals surface area contributed by atoms with E-state index < -0.39 is 30.1 Å². The van der Waals surface area contributed by atoms with Gasteiger partial charge >= 0.3 is 18.0 Å². The number of carbonyl (C=O) groups excluding carboxylic acids is 3. The van der Waals surface area contributed by atoms with Crippen LogP contribution >= 0.6 is 23.2 Å². The topological polar surface area (TPSA) is 117 Å². The number of allylic oxidation sites excluding steroid dienone is 1. The van der Waals surface area contributed by atoms with Gasteiger partial charge in [-0.25, -0.2) is 14.4 Å². The molecule has 0 aliphatic carbocycles. The average molecular weight is 471 g/mol. The second kappa shape index (κ2) is 10.5.